The lowest BCUT2D eigenvalue weighted by molar-refractivity contribution is -0.137. The monoisotopic (exact) mass is 421 g/mol. The SMILES string of the molecule is Cc1ccc(S(=O)(=O)N2CCN(C(=O)C3CC(=O)N(C(C)(C)C)C3)CC2)cc1C. The molecule has 2 fully saturated rings. The van der Waals surface area contributed by atoms with Crippen LogP contribution in [0.1, 0.15) is 38.3 Å². The van der Waals surface area contributed by atoms with E-state index in [0.29, 0.717) is 24.5 Å². The molecular weight excluding hydrogens is 390 g/mol. The Bertz CT molecular complexity index is 912. The van der Waals surface area contributed by atoms with Crippen molar-refractivity contribution >= 4 is 21.8 Å². The molecule has 2 heterocycles. The minimum atomic E-state index is -3.57. The largest absolute Gasteiger partial charge is 0.340 e. The van der Waals surface area contributed by atoms with Gasteiger partial charge in [0.25, 0.3) is 0 Å². The fraction of sp³-hybridized carbons (Fsp3) is 0.619. The van der Waals surface area contributed by atoms with Crippen molar-refractivity contribution in [3.63, 3.8) is 0 Å². The van der Waals surface area contributed by atoms with E-state index in [4.69, 9.17) is 0 Å². The number of carbonyl (C=O) groups excluding carboxylic acids is 2. The molecule has 1 unspecified atom stereocenters. The highest BCUT2D eigenvalue weighted by atomic mass is 32.2. The van der Waals surface area contributed by atoms with Gasteiger partial charge in [0.15, 0.2) is 0 Å². The molecule has 8 heteroatoms. The van der Waals surface area contributed by atoms with Crippen LogP contribution in [0.15, 0.2) is 23.1 Å². The second kappa shape index (κ2) is 7.72. The van der Waals surface area contributed by atoms with Crippen LogP contribution in [0.4, 0.5) is 0 Å². The molecule has 0 aliphatic carbocycles. The molecule has 2 saturated heterocycles. The van der Waals surface area contributed by atoms with Gasteiger partial charge in [0.05, 0.1) is 10.8 Å². The van der Waals surface area contributed by atoms with Gasteiger partial charge in [0, 0.05) is 44.7 Å². The molecule has 2 amide bonds. The van der Waals surface area contributed by atoms with E-state index in [1.165, 1.54) is 4.31 Å². The lowest BCUT2D eigenvalue weighted by atomic mass is 10.1. The first kappa shape index (κ1) is 21.8. The van der Waals surface area contributed by atoms with Crippen molar-refractivity contribution < 1.29 is 18.0 Å². The topological polar surface area (TPSA) is 78.0 Å². The molecule has 0 aromatic heterocycles. The van der Waals surface area contributed by atoms with E-state index in [2.05, 4.69) is 0 Å². The predicted octanol–water partition coefficient (Wildman–Crippen LogP) is 1.78. The second-order valence-corrected chi connectivity index (χ2v) is 11.0. The van der Waals surface area contributed by atoms with Gasteiger partial charge < -0.3 is 9.80 Å². The number of piperazine rings is 1. The summed E-state index contributed by atoms with van der Waals surface area (Å²) in [5.41, 5.74) is 1.69. The Hall–Kier alpha value is -1.93. The lowest BCUT2D eigenvalue weighted by Crippen LogP contribution is -2.52. The van der Waals surface area contributed by atoms with Crippen LogP contribution in [0.5, 0.6) is 0 Å². The molecule has 1 atom stereocenters. The van der Waals surface area contributed by atoms with Crippen LogP contribution in [0.25, 0.3) is 0 Å². The van der Waals surface area contributed by atoms with Gasteiger partial charge in [-0.25, -0.2) is 8.42 Å². The van der Waals surface area contributed by atoms with Crippen LogP contribution in [0, 0.1) is 19.8 Å². The van der Waals surface area contributed by atoms with Crippen molar-refractivity contribution in [3.05, 3.63) is 29.3 Å². The number of sulfonamides is 1. The molecule has 2 aliphatic heterocycles. The summed E-state index contributed by atoms with van der Waals surface area (Å²) >= 11 is 0. The van der Waals surface area contributed by atoms with Gasteiger partial charge in [-0.1, -0.05) is 6.07 Å². The number of hydrogen-bond donors (Lipinski definition) is 0. The first-order valence-corrected chi connectivity index (χ1v) is 11.5. The summed E-state index contributed by atoms with van der Waals surface area (Å²) in [6, 6.07) is 5.16. The van der Waals surface area contributed by atoms with E-state index in [1.807, 2.05) is 40.7 Å². The minimum Gasteiger partial charge on any atom is -0.340 e. The van der Waals surface area contributed by atoms with E-state index < -0.39 is 10.0 Å². The van der Waals surface area contributed by atoms with Gasteiger partial charge in [-0.3, -0.25) is 9.59 Å². The predicted molar refractivity (Wildman–Crippen MR) is 111 cm³/mol. The second-order valence-electron chi connectivity index (χ2n) is 9.05. The Kier molecular flexibility index (Phi) is 5.80. The highest BCUT2D eigenvalue weighted by Gasteiger charge is 2.41. The highest BCUT2D eigenvalue weighted by Crippen LogP contribution is 2.28. The number of hydrogen-bond acceptors (Lipinski definition) is 4. The van der Waals surface area contributed by atoms with E-state index >= 15 is 0 Å². The Morgan fingerprint density at radius 1 is 1.03 bits per heavy atom. The van der Waals surface area contributed by atoms with Crippen LogP contribution < -0.4 is 0 Å². The van der Waals surface area contributed by atoms with Crippen LogP contribution in [0.3, 0.4) is 0 Å². The smallest absolute Gasteiger partial charge is 0.243 e. The zero-order valence-electron chi connectivity index (χ0n) is 17.9. The molecule has 0 bridgehead atoms. The third-order valence-corrected chi connectivity index (χ3v) is 7.85. The molecule has 1 aromatic rings. The zero-order chi connectivity index (χ0) is 21.6. The molecule has 7 nitrogen and oxygen atoms in total. The summed E-state index contributed by atoms with van der Waals surface area (Å²) in [6.45, 7) is 11.4. The Labute approximate surface area is 173 Å². The lowest BCUT2D eigenvalue weighted by Gasteiger charge is -2.36. The van der Waals surface area contributed by atoms with Crippen LogP contribution >= 0.6 is 0 Å². The zero-order valence-corrected chi connectivity index (χ0v) is 18.8. The number of aryl methyl sites for hydroxylation is 2. The molecule has 0 saturated carbocycles. The quantitative estimate of drug-likeness (QED) is 0.745. The summed E-state index contributed by atoms with van der Waals surface area (Å²) in [5.74, 6) is -0.384. The normalized spacial score (nSPS) is 21.7. The molecular formula is C21H31N3O4S. The van der Waals surface area contributed by atoms with Gasteiger partial charge in [-0.2, -0.15) is 4.31 Å². The molecule has 29 heavy (non-hydrogen) atoms. The van der Waals surface area contributed by atoms with Crippen LogP contribution in [0.2, 0.25) is 0 Å². The van der Waals surface area contributed by atoms with Crippen molar-refractivity contribution in [2.24, 2.45) is 5.92 Å². The van der Waals surface area contributed by atoms with Gasteiger partial charge in [0.2, 0.25) is 21.8 Å². The maximum Gasteiger partial charge on any atom is 0.243 e. The summed E-state index contributed by atoms with van der Waals surface area (Å²) < 4.78 is 27.3. The van der Waals surface area contributed by atoms with Crippen LogP contribution in [-0.4, -0.2) is 72.6 Å². The van der Waals surface area contributed by atoms with Crippen LogP contribution in [-0.2, 0) is 19.6 Å². The van der Waals surface area contributed by atoms with Crippen molar-refractivity contribution in [1.82, 2.24) is 14.1 Å². The summed E-state index contributed by atoms with van der Waals surface area (Å²) in [6.07, 6.45) is 0.233. The molecule has 0 radical (unpaired) electrons. The first-order chi connectivity index (χ1) is 13.4. The number of benzene rings is 1. The van der Waals surface area contributed by atoms with Gasteiger partial charge in [-0.15, -0.1) is 0 Å². The van der Waals surface area contributed by atoms with E-state index in [0.717, 1.165) is 11.1 Å². The summed E-state index contributed by atoms with van der Waals surface area (Å²) in [5, 5.41) is 0. The van der Waals surface area contributed by atoms with E-state index in [9.17, 15) is 18.0 Å². The third kappa shape index (κ3) is 4.33. The van der Waals surface area contributed by atoms with E-state index in [1.54, 1.807) is 21.9 Å². The molecule has 0 N–H and O–H groups in total. The number of nitrogens with zero attached hydrogens (tertiary/aromatic N) is 3. The average Bonchev–Trinajstić information content (AvgIpc) is 3.05. The fourth-order valence-corrected chi connectivity index (χ4v) is 5.46. The fourth-order valence-electron chi connectivity index (χ4n) is 3.95. The highest BCUT2D eigenvalue weighted by molar-refractivity contribution is 7.89. The van der Waals surface area contributed by atoms with Gasteiger partial charge in [-0.05, 0) is 57.9 Å². The molecule has 2 aliphatic rings. The maximum absolute atomic E-state index is 13.0. The maximum atomic E-state index is 13.0. The van der Waals surface area contributed by atoms with Crippen molar-refractivity contribution in [1.29, 1.82) is 0 Å². The Balaban J connectivity index is 1.64. The Morgan fingerprint density at radius 2 is 1.66 bits per heavy atom. The van der Waals surface area contributed by atoms with E-state index in [-0.39, 0.29) is 42.8 Å². The molecule has 160 valence electrons. The summed E-state index contributed by atoms with van der Waals surface area (Å²) in [7, 11) is -3.57. The van der Waals surface area contributed by atoms with Crippen molar-refractivity contribution in [2.45, 2.75) is 51.5 Å². The summed E-state index contributed by atoms with van der Waals surface area (Å²) in [4.78, 5) is 28.9. The molecule has 3 rings (SSSR count). The first-order valence-electron chi connectivity index (χ1n) is 10.1. The standard InChI is InChI=1S/C21H31N3O4S/c1-15-6-7-18(12-16(15)2)29(27,28)23-10-8-22(9-11-23)20(26)17-13-19(25)24(14-17)21(3,4)5/h6-7,12,17H,8-11,13-14H2,1-5H3. The Morgan fingerprint density at radius 3 is 2.17 bits per heavy atom. The molecule has 1 aromatic carbocycles. The van der Waals surface area contributed by atoms with Gasteiger partial charge in [0.1, 0.15) is 0 Å². The molecule has 0 spiro atoms. The van der Waals surface area contributed by atoms with Crippen molar-refractivity contribution in [3.8, 4) is 0 Å². The van der Waals surface area contributed by atoms with Gasteiger partial charge >= 0.3 is 0 Å². The average molecular weight is 422 g/mol. The number of likely N-dealkylation sites (tertiary alicyclic amines) is 1. The minimum absolute atomic E-state index is 0.00630. The number of carbonyl (C=O) groups is 2. The van der Waals surface area contributed by atoms with Crippen molar-refractivity contribution in [2.75, 3.05) is 32.7 Å². The number of amides is 2. The third-order valence-electron chi connectivity index (χ3n) is 5.95. The number of rotatable bonds is 3.